The molecule has 1 amide bonds. The number of carbonyl (C=O) groups excluding carboxylic acids is 1. The van der Waals surface area contributed by atoms with Crippen LogP contribution in [-0.4, -0.2) is 59.6 Å². The van der Waals surface area contributed by atoms with Gasteiger partial charge in [-0.2, -0.15) is 9.40 Å². The number of aryl methyl sites for hydroxylation is 2. The Labute approximate surface area is 245 Å². The van der Waals surface area contributed by atoms with Gasteiger partial charge in [0.15, 0.2) is 5.13 Å². The predicted molar refractivity (Wildman–Crippen MR) is 162 cm³/mol. The van der Waals surface area contributed by atoms with Crippen molar-refractivity contribution in [2.45, 2.75) is 52.5 Å². The Kier molecular flexibility index (Phi) is 8.49. The van der Waals surface area contributed by atoms with E-state index >= 15 is 0 Å². The van der Waals surface area contributed by atoms with Gasteiger partial charge in [-0.15, -0.1) is 0 Å². The molecule has 1 aliphatic heterocycles. The maximum absolute atomic E-state index is 14.0. The molecule has 4 aromatic rings. The number of aromatic nitrogens is 3. The number of hydrogen-bond acceptors (Lipinski definition) is 7. The van der Waals surface area contributed by atoms with Gasteiger partial charge in [-0.25, -0.2) is 13.4 Å². The van der Waals surface area contributed by atoms with Crippen LogP contribution in [0.25, 0.3) is 10.2 Å². The average Bonchev–Trinajstić information content (AvgIpc) is 3.51. The fourth-order valence-electron chi connectivity index (χ4n) is 5.56. The third-order valence-corrected chi connectivity index (χ3v) is 10.2. The van der Waals surface area contributed by atoms with Gasteiger partial charge in [0.2, 0.25) is 10.0 Å². The summed E-state index contributed by atoms with van der Waals surface area (Å²) in [6.07, 6.45) is 1.02. The average molecular weight is 596 g/mol. The van der Waals surface area contributed by atoms with E-state index in [1.807, 2.05) is 49.7 Å². The number of thiazole rings is 1. The van der Waals surface area contributed by atoms with Crippen molar-refractivity contribution in [2.75, 3.05) is 31.1 Å². The number of fused-ring (bicyclic) bond motifs is 1. The van der Waals surface area contributed by atoms with Crippen LogP contribution in [-0.2, 0) is 16.6 Å². The van der Waals surface area contributed by atoms with E-state index in [4.69, 9.17) is 9.72 Å². The molecule has 2 unspecified atom stereocenters. The Morgan fingerprint density at radius 2 is 1.80 bits per heavy atom. The van der Waals surface area contributed by atoms with E-state index in [9.17, 15) is 13.2 Å². The topological polar surface area (TPSA) is 97.6 Å². The molecule has 11 heteroatoms. The third-order valence-electron chi connectivity index (χ3n) is 7.36. The number of hydrogen-bond donors (Lipinski definition) is 0. The Morgan fingerprint density at radius 1 is 1.10 bits per heavy atom. The largest absolute Gasteiger partial charge is 0.492 e. The first-order valence-corrected chi connectivity index (χ1v) is 16.3. The summed E-state index contributed by atoms with van der Waals surface area (Å²) in [6, 6.07) is 14.0. The zero-order chi connectivity index (χ0) is 29.3. The number of piperidine rings is 1. The molecule has 9 nitrogen and oxygen atoms in total. The standard InChI is InChI=1S/C30H37N5O4S2/c1-6-39-26-8-7-9-27-28(26)31-30(40-27)34(14-15-35-23(5)17-22(4)32-35)29(36)24-10-12-25(13-11-24)41(37,38)33-18-20(2)16-21(3)19-33/h7-13,17,20-21H,6,14-16,18-19H2,1-5H3. The highest BCUT2D eigenvalue weighted by molar-refractivity contribution is 7.89. The van der Waals surface area contributed by atoms with Gasteiger partial charge in [0.1, 0.15) is 11.3 Å². The van der Waals surface area contributed by atoms with Crippen molar-refractivity contribution < 1.29 is 17.9 Å². The predicted octanol–water partition coefficient (Wildman–Crippen LogP) is 5.52. The summed E-state index contributed by atoms with van der Waals surface area (Å²) in [5.41, 5.74) is 3.02. The second kappa shape index (κ2) is 11.9. The van der Waals surface area contributed by atoms with Crippen LogP contribution in [0.4, 0.5) is 5.13 Å². The Morgan fingerprint density at radius 3 is 2.44 bits per heavy atom. The van der Waals surface area contributed by atoms with E-state index in [1.165, 1.54) is 23.5 Å². The van der Waals surface area contributed by atoms with Gasteiger partial charge in [-0.3, -0.25) is 14.4 Å². The van der Waals surface area contributed by atoms with Crippen LogP contribution in [0.5, 0.6) is 5.75 Å². The monoisotopic (exact) mass is 595 g/mol. The summed E-state index contributed by atoms with van der Waals surface area (Å²) in [6.45, 7) is 12.4. The van der Waals surface area contributed by atoms with Crippen LogP contribution in [0.1, 0.15) is 48.9 Å². The molecular formula is C30H37N5O4S2. The number of ether oxygens (including phenoxy) is 1. The molecule has 1 saturated heterocycles. The fraction of sp³-hybridized carbons (Fsp3) is 0.433. The SMILES string of the molecule is CCOc1cccc2sc(N(CCn3nc(C)cc3C)C(=O)c3ccc(S(=O)(=O)N4CC(C)CC(C)C4)cc3)nc12. The van der Waals surface area contributed by atoms with Crippen molar-refractivity contribution in [1.82, 2.24) is 19.1 Å². The zero-order valence-electron chi connectivity index (χ0n) is 24.2. The molecule has 2 atom stereocenters. The number of rotatable bonds is 9. The molecule has 2 aromatic carbocycles. The van der Waals surface area contributed by atoms with E-state index in [2.05, 4.69) is 18.9 Å². The van der Waals surface area contributed by atoms with Crippen molar-refractivity contribution in [3.8, 4) is 5.75 Å². The normalized spacial score (nSPS) is 18.1. The van der Waals surface area contributed by atoms with Crippen molar-refractivity contribution in [3.05, 3.63) is 65.5 Å². The third kappa shape index (κ3) is 6.17. The lowest BCUT2D eigenvalue weighted by atomic mass is 9.94. The number of amides is 1. The summed E-state index contributed by atoms with van der Waals surface area (Å²) < 4.78 is 36.9. The van der Waals surface area contributed by atoms with Gasteiger partial charge in [0.25, 0.3) is 5.91 Å². The number of benzene rings is 2. The lowest BCUT2D eigenvalue weighted by molar-refractivity contribution is 0.0985. The molecule has 41 heavy (non-hydrogen) atoms. The highest BCUT2D eigenvalue weighted by Gasteiger charge is 2.32. The second-order valence-electron chi connectivity index (χ2n) is 10.9. The molecule has 3 heterocycles. The molecule has 0 N–H and O–H groups in total. The number of para-hydroxylation sites is 1. The molecule has 0 radical (unpaired) electrons. The van der Waals surface area contributed by atoms with E-state index in [0.29, 0.717) is 66.6 Å². The van der Waals surface area contributed by atoms with Crippen molar-refractivity contribution in [1.29, 1.82) is 0 Å². The van der Waals surface area contributed by atoms with Gasteiger partial charge in [0, 0.05) is 30.9 Å². The van der Waals surface area contributed by atoms with Crippen LogP contribution in [0.3, 0.4) is 0 Å². The summed E-state index contributed by atoms with van der Waals surface area (Å²) in [5, 5.41) is 5.10. The van der Waals surface area contributed by atoms with Crippen LogP contribution in [0.15, 0.2) is 53.4 Å². The lowest BCUT2D eigenvalue weighted by Crippen LogP contribution is -2.42. The number of carbonyl (C=O) groups is 1. The quantitative estimate of drug-likeness (QED) is 0.253. The molecule has 0 aliphatic carbocycles. The summed E-state index contributed by atoms with van der Waals surface area (Å²) >= 11 is 1.42. The molecule has 0 bridgehead atoms. The maximum atomic E-state index is 14.0. The first-order valence-electron chi connectivity index (χ1n) is 14.0. The van der Waals surface area contributed by atoms with Crippen LogP contribution < -0.4 is 9.64 Å². The minimum Gasteiger partial charge on any atom is -0.492 e. The Balaban J connectivity index is 1.45. The summed E-state index contributed by atoms with van der Waals surface area (Å²) in [4.78, 5) is 20.6. The Bertz CT molecular complexity index is 1640. The van der Waals surface area contributed by atoms with Gasteiger partial charge >= 0.3 is 0 Å². The maximum Gasteiger partial charge on any atom is 0.260 e. The van der Waals surface area contributed by atoms with E-state index in [0.717, 1.165) is 22.5 Å². The van der Waals surface area contributed by atoms with Gasteiger partial charge in [-0.05, 0) is 81.5 Å². The minimum absolute atomic E-state index is 0.200. The molecule has 5 rings (SSSR count). The smallest absolute Gasteiger partial charge is 0.260 e. The van der Waals surface area contributed by atoms with Gasteiger partial charge in [0.05, 0.1) is 28.4 Å². The summed E-state index contributed by atoms with van der Waals surface area (Å²) in [7, 11) is -3.65. The highest BCUT2D eigenvalue weighted by Crippen LogP contribution is 2.35. The highest BCUT2D eigenvalue weighted by atomic mass is 32.2. The first kappa shape index (κ1) is 29.2. The molecule has 0 spiro atoms. The fourth-order valence-corrected chi connectivity index (χ4v) is 8.24. The molecule has 2 aromatic heterocycles. The molecule has 1 fully saturated rings. The molecule has 1 aliphatic rings. The van der Waals surface area contributed by atoms with Crippen LogP contribution in [0, 0.1) is 25.7 Å². The number of nitrogens with zero attached hydrogens (tertiary/aromatic N) is 5. The molecular weight excluding hydrogens is 558 g/mol. The van der Waals surface area contributed by atoms with Crippen molar-refractivity contribution in [2.24, 2.45) is 11.8 Å². The molecule has 218 valence electrons. The minimum atomic E-state index is -3.65. The van der Waals surface area contributed by atoms with Crippen LogP contribution in [0.2, 0.25) is 0 Å². The van der Waals surface area contributed by atoms with Crippen LogP contribution >= 0.6 is 11.3 Å². The second-order valence-corrected chi connectivity index (χ2v) is 13.9. The van der Waals surface area contributed by atoms with Gasteiger partial charge < -0.3 is 4.74 Å². The van der Waals surface area contributed by atoms with Crippen molar-refractivity contribution >= 4 is 42.6 Å². The van der Waals surface area contributed by atoms with E-state index in [-0.39, 0.29) is 10.8 Å². The van der Waals surface area contributed by atoms with Crippen molar-refractivity contribution in [3.63, 3.8) is 0 Å². The van der Waals surface area contributed by atoms with Gasteiger partial charge in [-0.1, -0.05) is 31.3 Å². The molecule has 0 saturated carbocycles. The van der Waals surface area contributed by atoms with E-state index < -0.39 is 10.0 Å². The lowest BCUT2D eigenvalue weighted by Gasteiger charge is -2.34. The summed E-state index contributed by atoms with van der Waals surface area (Å²) in [5.74, 6) is 1.03. The zero-order valence-corrected chi connectivity index (χ0v) is 25.8. The Hall–Kier alpha value is -3.28. The van der Waals surface area contributed by atoms with E-state index in [1.54, 1.807) is 21.3 Å². The first-order chi connectivity index (χ1) is 19.6. The number of sulfonamides is 1. The number of anilines is 1.